The number of aromatic nitrogens is 1. The van der Waals surface area contributed by atoms with Crippen LogP contribution >= 0.6 is 11.6 Å². The Morgan fingerprint density at radius 3 is 2.83 bits per heavy atom. The van der Waals surface area contributed by atoms with E-state index in [1.165, 1.54) is 6.07 Å². The van der Waals surface area contributed by atoms with Crippen LogP contribution in [0.1, 0.15) is 10.4 Å². The first-order valence-corrected chi connectivity index (χ1v) is 5.52. The van der Waals surface area contributed by atoms with E-state index in [-0.39, 0.29) is 16.4 Å². The van der Waals surface area contributed by atoms with Gasteiger partial charge in [-0.15, -0.1) is 0 Å². The van der Waals surface area contributed by atoms with Crippen LogP contribution in [0.25, 0.3) is 0 Å². The molecule has 0 spiro atoms. The number of nitrogens with zero attached hydrogens (tertiary/aromatic N) is 3. The molecule has 0 unspecified atom stereocenters. The van der Waals surface area contributed by atoms with Crippen molar-refractivity contribution in [3.05, 3.63) is 33.1 Å². The molecule has 0 radical (unpaired) electrons. The number of rotatable bonds is 5. The Hall–Kier alpha value is -1.73. The van der Waals surface area contributed by atoms with E-state index in [0.717, 1.165) is 6.20 Å². The van der Waals surface area contributed by atoms with Crippen LogP contribution < -0.4 is 5.32 Å². The predicted molar refractivity (Wildman–Crippen MR) is 66.8 cm³/mol. The van der Waals surface area contributed by atoms with Gasteiger partial charge < -0.3 is 10.2 Å². The molecular formula is C10H13ClN4O3. The van der Waals surface area contributed by atoms with Crippen molar-refractivity contribution in [2.75, 3.05) is 27.2 Å². The van der Waals surface area contributed by atoms with Crippen LogP contribution in [0.4, 0.5) is 5.69 Å². The molecule has 0 aliphatic heterocycles. The summed E-state index contributed by atoms with van der Waals surface area (Å²) in [6.07, 6.45) is 0.975. The summed E-state index contributed by atoms with van der Waals surface area (Å²) in [5.74, 6) is -0.534. The van der Waals surface area contributed by atoms with Crippen molar-refractivity contribution in [2.24, 2.45) is 0 Å². The number of nitrogens with one attached hydrogen (secondary N) is 1. The SMILES string of the molecule is CN(C)CCNC(=O)c1cc(Cl)ncc1[N+](=O)[O-]. The lowest BCUT2D eigenvalue weighted by atomic mass is 10.2. The lowest BCUT2D eigenvalue weighted by Gasteiger charge is -2.10. The number of likely N-dealkylation sites (N-methyl/N-ethyl adjacent to an activating group) is 1. The monoisotopic (exact) mass is 272 g/mol. The first-order chi connectivity index (χ1) is 8.41. The molecule has 0 saturated heterocycles. The fraction of sp³-hybridized carbons (Fsp3) is 0.400. The normalized spacial score (nSPS) is 10.4. The van der Waals surface area contributed by atoms with Crippen LogP contribution in [0.5, 0.6) is 0 Å². The van der Waals surface area contributed by atoms with Gasteiger partial charge in [-0.25, -0.2) is 4.98 Å². The molecule has 8 heteroatoms. The second kappa shape index (κ2) is 6.27. The zero-order valence-corrected chi connectivity index (χ0v) is 10.8. The smallest absolute Gasteiger partial charge is 0.300 e. The maximum atomic E-state index is 11.8. The highest BCUT2D eigenvalue weighted by molar-refractivity contribution is 6.29. The maximum absolute atomic E-state index is 11.8. The van der Waals surface area contributed by atoms with E-state index in [9.17, 15) is 14.9 Å². The van der Waals surface area contributed by atoms with Gasteiger partial charge in [0.2, 0.25) is 0 Å². The van der Waals surface area contributed by atoms with Gasteiger partial charge in [-0.2, -0.15) is 0 Å². The van der Waals surface area contributed by atoms with E-state index in [0.29, 0.717) is 13.1 Å². The van der Waals surface area contributed by atoms with Gasteiger partial charge in [0.1, 0.15) is 16.9 Å². The molecule has 1 amide bonds. The number of nitro groups is 1. The minimum Gasteiger partial charge on any atom is -0.351 e. The standard InChI is InChI=1S/C10H13ClN4O3/c1-14(2)4-3-12-10(16)7-5-9(11)13-6-8(7)15(17)18/h5-6H,3-4H2,1-2H3,(H,12,16). The summed E-state index contributed by atoms with van der Waals surface area (Å²) in [7, 11) is 3.72. The molecule has 0 bridgehead atoms. The third-order valence-electron chi connectivity index (χ3n) is 2.14. The summed E-state index contributed by atoms with van der Waals surface area (Å²) in [6, 6.07) is 1.19. The number of pyridine rings is 1. The summed E-state index contributed by atoms with van der Waals surface area (Å²) in [5, 5.41) is 13.4. The van der Waals surface area contributed by atoms with E-state index in [2.05, 4.69) is 10.3 Å². The fourth-order valence-corrected chi connectivity index (χ4v) is 1.40. The molecule has 1 aromatic heterocycles. The van der Waals surface area contributed by atoms with Gasteiger partial charge >= 0.3 is 0 Å². The Morgan fingerprint density at radius 2 is 2.28 bits per heavy atom. The fourth-order valence-electron chi connectivity index (χ4n) is 1.24. The minimum absolute atomic E-state index is 0.0401. The molecule has 1 heterocycles. The predicted octanol–water partition coefficient (Wildman–Crippen LogP) is 0.935. The van der Waals surface area contributed by atoms with Crippen LogP contribution in [0.2, 0.25) is 5.15 Å². The number of hydrogen-bond acceptors (Lipinski definition) is 5. The summed E-state index contributed by atoms with van der Waals surface area (Å²) in [4.78, 5) is 27.3. The van der Waals surface area contributed by atoms with Crippen molar-refractivity contribution in [1.29, 1.82) is 0 Å². The van der Waals surface area contributed by atoms with Gasteiger partial charge in [-0.05, 0) is 20.2 Å². The average Bonchev–Trinajstić information content (AvgIpc) is 2.27. The van der Waals surface area contributed by atoms with Crippen molar-refractivity contribution in [1.82, 2.24) is 15.2 Å². The second-order valence-corrected chi connectivity index (χ2v) is 4.23. The number of hydrogen-bond donors (Lipinski definition) is 1. The molecule has 1 N–H and O–H groups in total. The van der Waals surface area contributed by atoms with Gasteiger partial charge in [-0.1, -0.05) is 11.6 Å². The largest absolute Gasteiger partial charge is 0.351 e. The van der Waals surface area contributed by atoms with E-state index >= 15 is 0 Å². The number of carbonyl (C=O) groups excluding carboxylic acids is 1. The molecule has 1 rings (SSSR count). The Labute approximate surface area is 109 Å². The molecule has 98 valence electrons. The van der Waals surface area contributed by atoms with E-state index in [4.69, 9.17) is 11.6 Å². The van der Waals surface area contributed by atoms with Crippen LogP contribution in [0.15, 0.2) is 12.3 Å². The molecule has 0 fully saturated rings. The van der Waals surface area contributed by atoms with Gasteiger partial charge in [0.05, 0.1) is 4.92 Å². The van der Waals surface area contributed by atoms with E-state index in [1.54, 1.807) is 0 Å². The number of carbonyl (C=O) groups is 1. The molecule has 0 aliphatic carbocycles. The van der Waals surface area contributed by atoms with Gasteiger partial charge in [0.25, 0.3) is 11.6 Å². The van der Waals surface area contributed by atoms with Crippen LogP contribution in [0.3, 0.4) is 0 Å². The number of halogens is 1. The second-order valence-electron chi connectivity index (χ2n) is 3.84. The molecule has 0 aliphatic rings. The topological polar surface area (TPSA) is 88.4 Å². The Balaban J connectivity index is 2.84. The van der Waals surface area contributed by atoms with Crippen molar-refractivity contribution in [2.45, 2.75) is 0 Å². The van der Waals surface area contributed by atoms with Crippen LogP contribution in [-0.4, -0.2) is 47.9 Å². The molecule has 7 nitrogen and oxygen atoms in total. The maximum Gasteiger partial charge on any atom is 0.300 e. The molecule has 18 heavy (non-hydrogen) atoms. The van der Waals surface area contributed by atoms with Crippen molar-refractivity contribution in [3.8, 4) is 0 Å². The Kier molecular flexibility index (Phi) is 4.99. The highest BCUT2D eigenvalue weighted by Gasteiger charge is 2.20. The first-order valence-electron chi connectivity index (χ1n) is 5.14. The summed E-state index contributed by atoms with van der Waals surface area (Å²) < 4.78 is 0. The molecular weight excluding hydrogens is 260 g/mol. The highest BCUT2D eigenvalue weighted by atomic mass is 35.5. The lowest BCUT2D eigenvalue weighted by molar-refractivity contribution is -0.385. The minimum atomic E-state index is -0.663. The molecule has 0 atom stereocenters. The Bertz CT molecular complexity index is 464. The van der Waals surface area contributed by atoms with Gasteiger partial charge in [-0.3, -0.25) is 14.9 Å². The quantitative estimate of drug-likeness (QED) is 0.489. The third-order valence-corrected chi connectivity index (χ3v) is 2.34. The molecule has 0 aromatic carbocycles. The zero-order chi connectivity index (χ0) is 13.7. The van der Waals surface area contributed by atoms with E-state index in [1.807, 2.05) is 19.0 Å². The zero-order valence-electron chi connectivity index (χ0n) is 10.0. The number of amides is 1. The molecule has 0 saturated carbocycles. The highest BCUT2D eigenvalue weighted by Crippen LogP contribution is 2.19. The Morgan fingerprint density at radius 1 is 1.61 bits per heavy atom. The van der Waals surface area contributed by atoms with Crippen molar-refractivity contribution < 1.29 is 9.72 Å². The van der Waals surface area contributed by atoms with Crippen LogP contribution in [-0.2, 0) is 0 Å². The molecule has 1 aromatic rings. The third kappa shape index (κ3) is 3.94. The van der Waals surface area contributed by atoms with Crippen molar-refractivity contribution >= 4 is 23.2 Å². The van der Waals surface area contributed by atoms with E-state index < -0.39 is 10.8 Å². The lowest BCUT2D eigenvalue weighted by Crippen LogP contribution is -2.31. The summed E-state index contributed by atoms with van der Waals surface area (Å²) in [5.41, 5.74) is -0.444. The van der Waals surface area contributed by atoms with Gasteiger partial charge in [0, 0.05) is 13.1 Å². The average molecular weight is 273 g/mol. The first kappa shape index (κ1) is 14.3. The van der Waals surface area contributed by atoms with Crippen LogP contribution in [0, 0.1) is 10.1 Å². The summed E-state index contributed by atoms with van der Waals surface area (Å²) in [6.45, 7) is 1.03. The van der Waals surface area contributed by atoms with Crippen molar-refractivity contribution in [3.63, 3.8) is 0 Å². The van der Waals surface area contributed by atoms with Gasteiger partial charge in [0.15, 0.2) is 0 Å². The summed E-state index contributed by atoms with van der Waals surface area (Å²) >= 11 is 5.63.